The van der Waals surface area contributed by atoms with Crippen LogP contribution in [0.25, 0.3) is 0 Å². The predicted octanol–water partition coefficient (Wildman–Crippen LogP) is 1.08. The summed E-state index contributed by atoms with van der Waals surface area (Å²) in [5.41, 5.74) is 4.82. The number of benzene rings is 4. The van der Waals surface area contributed by atoms with Crippen molar-refractivity contribution in [1.29, 1.82) is 0 Å². The number of phenols is 1. The Kier molecular flexibility index (Phi) is 10.5. The summed E-state index contributed by atoms with van der Waals surface area (Å²) in [6, 6.07) is 37.5. The smallest absolute Gasteiger partial charge is 1.00 e. The molecule has 0 radical (unpaired) electrons. The Balaban J connectivity index is 0.00000181. The number of hydrogen-bond donors (Lipinski definition) is 1. The maximum atomic E-state index is 11.2. The first-order valence-electron chi connectivity index (χ1n) is 10.4. The van der Waals surface area contributed by atoms with Crippen molar-refractivity contribution in [3.8, 4) is 5.75 Å². The molecule has 0 saturated carbocycles. The molecule has 0 aliphatic heterocycles. The average molecular weight is 511 g/mol. The van der Waals surface area contributed by atoms with Crippen molar-refractivity contribution in [3.05, 3.63) is 137 Å². The summed E-state index contributed by atoms with van der Waals surface area (Å²) in [6.07, 6.45) is 0. The van der Waals surface area contributed by atoms with Crippen molar-refractivity contribution in [2.75, 3.05) is 0 Å². The molecule has 0 aromatic heterocycles. The van der Waals surface area contributed by atoms with Crippen molar-refractivity contribution in [2.45, 2.75) is 31.6 Å². The van der Waals surface area contributed by atoms with Gasteiger partial charge in [-0.2, -0.15) is 0 Å². The molecule has 33 heavy (non-hydrogen) atoms. The molecule has 1 N–H and O–H groups in total. The van der Waals surface area contributed by atoms with Crippen LogP contribution in [-0.2, 0) is 32.5 Å². The van der Waals surface area contributed by atoms with Crippen LogP contribution in [0.5, 0.6) is 5.75 Å². The van der Waals surface area contributed by atoms with Gasteiger partial charge in [0.25, 0.3) is 0 Å². The molecule has 4 aromatic rings. The van der Waals surface area contributed by atoms with E-state index in [1.165, 1.54) is 5.56 Å². The Morgan fingerprint density at radius 2 is 0.879 bits per heavy atom. The predicted molar refractivity (Wildman–Crippen MR) is 125 cm³/mol. The summed E-state index contributed by atoms with van der Waals surface area (Å²) < 4.78 is 0. The van der Waals surface area contributed by atoms with E-state index in [-0.39, 0.29) is 51.9 Å². The molecule has 4 rings (SSSR count). The minimum absolute atomic E-state index is 0. The van der Waals surface area contributed by atoms with Gasteiger partial charge < -0.3 is 29.9 Å². The van der Waals surface area contributed by atoms with E-state index >= 15 is 0 Å². The van der Waals surface area contributed by atoms with Crippen molar-refractivity contribution in [2.24, 2.45) is 0 Å². The number of hydrogen-bond acceptors (Lipinski definition) is 1. The molecular weight excluding hydrogens is 483 g/mol. The summed E-state index contributed by atoms with van der Waals surface area (Å²) in [4.78, 5) is 0. The number of phenolic OH excluding ortho intramolecular Hbond substituents is 1. The van der Waals surface area contributed by atoms with Gasteiger partial charge in [0.15, 0.2) is 0 Å². The van der Waals surface area contributed by atoms with Crippen molar-refractivity contribution in [3.63, 3.8) is 0 Å². The van der Waals surface area contributed by atoms with Crippen molar-refractivity contribution >= 4 is 0 Å². The van der Waals surface area contributed by atoms with E-state index in [0.717, 1.165) is 22.3 Å². The molecule has 0 fully saturated rings. The van der Waals surface area contributed by atoms with Gasteiger partial charge in [-0.25, -0.2) is 0 Å². The zero-order chi connectivity index (χ0) is 21.2. The van der Waals surface area contributed by atoms with E-state index in [1.807, 2.05) is 30.3 Å². The van der Waals surface area contributed by atoms with Crippen LogP contribution in [0.1, 0.15) is 48.6 Å². The quantitative estimate of drug-likeness (QED) is 0.322. The molecule has 0 heterocycles. The topological polar surface area (TPSA) is 20.2 Å². The Morgan fingerprint density at radius 3 is 1.21 bits per heavy atom. The zero-order valence-corrected chi connectivity index (χ0v) is 22.2. The van der Waals surface area contributed by atoms with Gasteiger partial charge in [-0.3, -0.25) is 0 Å². The zero-order valence-electron chi connectivity index (χ0n) is 19.1. The molecule has 4 aromatic carbocycles. The van der Waals surface area contributed by atoms with Crippen LogP contribution >= 0.6 is 0 Å². The van der Waals surface area contributed by atoms with E-state index < -0.39 is 5.41 Å². The monoisotopic (exact) mass is 510 g/mol. The molecule has 0 spiro atoms. The number of aromatic hydroxyl groups is 1. The van der Waals surface area contributed by atoms with Gasteiger partial charge in [-0.05, 0) is 39.8 Å². The molecule has 168 valence electrons. The second-order valence-electron chi connectivity index (χ2n) is 8.83. The van der Waals surface area contributed by atoms with E-state index in [4.69, 9.17) is 0 Å². The molecule has 0 aliphatic carbocycles. The number of halogens is 2. The van der Waals surface area contributed by atoms with Crippen LogP contribution in [0.4, 0.5) is 0 Å². The van der Waals surface area contributed by atoms with E-state index in [9.17, 15) is 5.11 Å². The van der Waals surface area contributed by atoms with Crippen LogP contribution in [0.15, 0.2) is 109 Å². The van der Waals surface area contributed by atoms with Gasteiger partial charge >= 0.3 is 21.7 Å². The van der Waals surface area contributed by atoms with Crippen LogP contribution in [0.2, 0.25) is 0 Å². The minimum Gasteiger partial charge on any atom is -1.00 e. The fraction of sp³-hybridized carbons (Fsp3) is 0.172. The van der Waals surface area contributed by atoms with Gasteiger partial charge in [0, 0.05) is 5.56 Å². The molecule has 0 atom stereocenters. The molecule has 4 heteroatoms. The molecule has 0 saturated heterocycles. The first kappa shape index (κ1) is 29.0. The Labute approximate surface area is 225 Å². The fourth-order valence-electron chi connectivity index (χ4n) is 4.33. The SMILES string of the molecule is CC(C)(C)c1ccc(O)c(C(c2ccccc2)(c2ccccc2)c2ccccc2)c1.[Cl-].[Cl-].[Ti+2]. The first-order chi connectivity index (χ1) is 14.4. The van der Waals surface area contributed by atoms with E-state index in [2.05, 4.69) is 99.6 Å². The second-order valence-corrected chi connectivity index (χ2v) is 8.83. The van der Waals surface area contributed by atoms with Gasteiger partial charge in [-0.15, -0.1) is 0 Å². The normalized spacial score (nSPS) is 10.9. The Bertz CT molecular complexity index is 1030. The van der Waals surface area contributed by atoms with E-state index in [0.29, 0.717) is 5.75 Å². The standard InChI is InChI=1S/C29H28O.2ClH.Ti/c1-28(2,3)25-19-20-27(30)26(21-25)29(22-13-7-4-8-14-22,23-15-9-5-10-16-23)24-17-11-6-12-18-24;;;/h4-21,30H,1-3H3;2*1H;/q;;;+2/p-2. The maximum Gasteiger partial charge on any atom is 2.00 e. The van der Waals surface area contributed by atoms with Gasteiger partial charge in [-0.1, -0.05) is 118 Å². The van der Waals surface area contributed by atoms with Crippen LogP contribution in [0.3, 0.4) is 0 Å². The molecule has 0 bridgehead atoms. The Morgan fingerprint density at radius 1 is 0.515 bits per heavy atom. The largest absolute Gasteiger partial charge is 2.00 e. The molecular formula is C29H28Cl2OTi. The van der Waals surface area contributed by atoms with Gasteiger partial charge in [0.1, 0.15) is 5.75 Å². The van der Waals surface area contributed by atoms with Crippen molar-refractivity contribution < 1.29 is 51.6 Å². The molecule has 0 aliphatic rings. The second kappa shape index (κ2) is 11.9. The van der Waals surface area contributed by atoms with E-state index in [1.54, 1.807) is 0 Å². The third-order valence-electron chi connectivity index (χ3n) is 5.89. The minimum atomic E-state index is -0.630. The molecule has 1 nitrogen and oxygen atoms in total. The van der Waals surface area contributed by atoms with Crippen LogP contribution in [-0.4, -0.2) is 5.11 Å². The third-order valence-corrected chi connectivity index (χ3v) is 5.89. The Hall–Kier alpha value is -2.03. The van der Waals surface area contributed by atoms with Gasteiger partial charge in [0.05, 0.1) is 5.41 Å². The third kappa shape index (κ3) is 5.56. The number of rotatable bonds is 4. The summed E-state index contributed by atoms with van der Waals surface area (Å²) in [7, 11) is 0. The summed E-state index contributed by atoms with van der Waals surface area (Å²) in [5.74, 6) is 0.305. The molecule has 0 unspecified atom stereocenters. The molecule has 0 amide bonds. The first-order valence-corrected chi connectivity index (χ1v) is 10.4. The summed E-state index contributed by atoms with van der Waals surface area (Å²) >= 11 is 0. The average Bonchev–Trinajstić information content (AvgIpc) is 2.77. The van der Waals surface area contributed by atoms with Crippen molar-refractivity contribution in [1.82, 2.24) is 0 Å². The summed E-state index contributed by atoms with van der Waals surface area (Å²) in [5, 5.41) is 11.2. The van der Waals surface area contributed by atoms with Crippen LogP contribution in [0, 0.1) is 0 Å². The van der Waals surface area contributed by atoms with Crippen LogP contribution < -0.4 is 24.8 Å². The fourth-order valence-corrected chi connectivity index (χ4v) is 4.33. The van der Waals surface area contributed by atoms with Gasteiger partial charge in [0.2, 0.25) is 0 Å². The maximum absolute atomic E-state index is 11.2. The summed E-state index contributed by atoms with van der Waals surface area (Å²) in [6.45, 7) is 6.62.